The Hall–Kier alpha value is -4.46. The second-order valence-corrected chi connectivity index (χ2v) is 10.8. The lowest BCUT2D eigenvalue weighted by atomic mass is 10.1. The van der Waals surface area contributed by atoms with Gasteiger partial charge in [-0.05, 0) is 48.6 Å². The van der Waals surface area contributed by atoms with Crippen LogP contribution in [0, 0.1) is 5.92 Å². The van der Waals surface area contributed by atoms with Crippen LogP contribution in [-0.4, -0.2) is 86.7 Å². The van der Waals surface area contributed by atoms with Gasteiger partial charge in [0.25, 0.3) is 5.88 Å². The molecule has 1 saturated carbocycles. The molecule has 2 N–H and O–H groups in total. The van der Waals surface area contributed by atoms with Crippen LogP contribution in [0.5, 0.6) is 11.6 Å². The summed E-state index contributed by atoms with van der Waals surface area (Å²) in [5.74, 6) is 1.71. The third kappa shape index (κ3) is 7.13. The summed E-state index contributed by atoms with van der Waals surface area (Å²) in [6.45, 7) is 2.70. The molecule has 1 amide bonds. The summed E-state index contributed by atoms with van der Waals surface area (Å²) >= 11 is 0. The largest absolute Gasteiger partial charge is 0.490 e. The molecule has 3 aromatic heterocycles. The number of aromatic amines is 1. The van der Waals surface area contributed by atoms with E-state index in [2.05, 4.69) is 35.1 Å². The van der Waals surface area contributed by atoms with Gasteiger partial charge in [-0.25, -0.2) is 15.0 Å². The average molecular weight is 597 g/mol. The van der Waals surface area contributed by atoms with Gasteiger partial charge in [-0.3, -0.25) is 9.69 Å². The summed E-state index contributed by atoms with van der Waals surface area (Å²) in [5, 5.41) is 3.21. The quantitative estimate of drug-likeness (QED) is 0.272. The molecule has 4 heterocycles. The van der Waals surface area contributed by atoms with Gasteiger partial charge in [-0.2, -0.15) is 18.2 Å². The molecule has 0 unspecified atom stereocenters. The molecule has 11 nitrogen and oxygen atoms in total. The second kappa shape index (κ2) is 12.0. The van der Waals surface area contributed by atoms with Gasteiger partial charge in [0.15, 0.2) is 0 Å². The minimum atomic E-state index is -4.49. The van der Waals surface area contributed by atoms with Crippen LogP contribution < -0.4 is 14.8 Å². The van der Waals surface area contributed by atoms with E-state index in [1.54, 1.807) is 13.3 Å². The zero-order valence-electron chi connectivity index (χ0n) is 23.5. The van der Waals surface area contributed by atoms with Gasteiger partial charge in [-0.1, -0.05) is 6.07 Å². The number of aromatic nitrogens is 5. The van der Waals surface area contributed by atoms with E-state index < -0.39 is 18.5 Å². The van der Waals surface area contributed by atoms with E-state index in [0.717, 1.165) is 22.2 Å². The van der Waals surface area contributed by atoms with Crippen LogP contribution >= 0.6 is 0 Å². The topological polar surface area (TPSA) is 121 Å². The number of halogens is 3. The number of alkyl halides is 3. The van der Waals surface area contributed by atoms with Crippen molar-refractivity contribution in [3.05, 3.63) is 48.4 Å². The second-order valence-electron chi connectivity index (χ2n) is 10.8. The maximum Gasteiger partial charge on any atom is 0.397 e. The lowest BCUT2D eigenvalue weighted by Gasteiger charge is -2.35. The number of ether oxygens (including phenoxy) is 2. The highest BCUT2D eigenvalue weighted by molar-refractivity contribution is 5.84. The van der Waals surface area contributed by atoms with Crippen molar-refractivity contribution in [2.75, 3.05) is 45.2 Å². The number of carbonyl (C=O) groups is 1. The van der Waals surface area contributed by atoms with Gasteiger partial charge in [0.1, 0.15) is 24.3 Å². The molecule has 2 fully saturated rings. The summed E-state index contributed by atoms with van der Waals surface area (Å²) in [7, 11) is 1.57. The summed E-state index contributed by atoms with van der Waals surface area (Å²) in [6.07, 6.45) is -0.410. The number of amides is 1. The first-order valence-electron chi connectivity index (χ1n) is 14.0. The van der Waals surface area contributed by atoms with E-state index in [4.69, 9.17) is 9.47 Å². The number of H-pyrrole nitrogens is 1. The van der Waals surface area contributed by atoms with Crippen molar-refractivity contribution in [3.8, 4) is 22.9 Å². The molecule has 1 aliphatic carbocycles. The number of benzene rings is 1. The number of nitrogens with one attached hydrogen (secondary N) is 2. The molecule has 1 aliphatic heterocycles. The summed E-state index contributed by atoms with van der Waals surface area (Å²) in [6, 6.07) is 9.52. The Labute approximate surface area is 245 Å². The van der Waals surface area contributed by atoms with Crippen LogP contribution in [0.1, 0.15) is 24.8 Å². The van der Waals surface area contributed by atoms with E-state index in [0.29, 0.717) is 61.2 Å². The Kier molecular flexibility index (Phi) is 8.02. The van der Waals surface area contributed by atoms with Crippen molar-refractivity contribution in [3.63, 3.8) is 0 Å². The number of carbonyl (C=O) groups excluding carboxylic acids is 1. The van der Waals surface area contributed by atoms with E-state index in [-0.39, 0.29) is 13.1 Å². The monoisotopic (exact) mass is 596 g/mol. The predicted molar refractivity (Wildman–Crippen MR) is 152 cm³/mol. The zero-order chi connectivity index (χ0) is 30.0. The van der Waals surface area contributed by atoms with E-state index in [1.807, 2.05) is 30.3 Å². The first-order valence-corrected chi connectivity index (χ1v) is 14.0. The van der Waals surface area contributed by atoms with E-state index in [1.165, 1.54) is 24.1 Å². The molecule has 0 spiro atoms. The standard InChI is InChI=1S/C29H31F3N8O3/c1-42-26-25(34-17-35-27(26)43-16-18-2-3-18)20-4-5-21-22(13-20)37-28(36-21)38-23-12-19(6-7-33-23)15-39-8-10-40(11-9-39)24(41)14-29(30,31)32/h4-7,12-13,17-18H,2-3,8-11,14-16H2,1H3,(H2,33,36,37,38). The summed E-state index contributed by atoms with van der Waals surface area (Å²) in [5.41, 5.74) is 3.95. The van der Waals surface area contributed by atoms with Gasteiger partial charge in [0.2, 0.25) is 17.6 Å². The fourth-order valence-corrected chi connectivity index (χ4v) is 5.01. The zero-order valence-corrected chi connectivity index (χ0v) is 23.5. The SMILES string of the molecule is COc1c(OCC2CC2)ncnc1-c1ccc2nc(Nc3cc(CN4CCN(C(=O)CC(F)(F)F)CC4)ccn3)[nH]c2c1. The number of imidazole rings is 1. The molecular weight excluding hydrogens is 565 g/mol. The van der Waals surface area contributed by atoms with Crippen LogP contribution in [0.15, 0.2) is 42.9 Å². The Morgan fingerprint density at radius 1 is 1.09 bits per heavy atom. The molecular formula is C29H31F3N8O3. The maximum absolute atomic E-state index is 12.6. The van der Waals surface area contributed by atoms with Crippen LogP contribution in [-0.2, 0) is 11.3 Å². The highest BCUT2D eigenvalue weighted by Crippen LogP contribution is 2.37. The number of hydrogen-bond acceptors (Lipinski definition) is 9. The molecule has 2 aliphatic rings. The molecule has 0 radical (unpaired) electrons. The molecule has 6 rings (SSSR count). The highest BCUT2D eigenvalue weighted by atomic mass is 19.4. The molecule has 1 aromatic carbocycles. The summed E-state index contributed by atoms with van der Waals surface area (Å²) in [4.78, 5) is 36.3. The summed E-state index contributed by atoms with van der Waals surface area (Å²) < 4.78 is 49.2. The minimum absolute atomic E-state index is 0.266. The van der Waals surface area contributed by atoms with E-state index >= 15 is 0 Å². The van der Waals surface area contributed by atoms with Gasteiger partial charge >= 0.3 is 6.18 Å². The van der Waals surface area contributed by atoms with Crippen LogP contribution in [0.25, 0.3) is 22.3 Å². The fourth-order valence-electron chi connectivity index (χ4n) is 5.01. The minimum Gasteiger partial charge on any atom is -0.490 e. The number of fused-ring (bicyclic) bond motifs is 1. The van der Waals surface area contributed by atoms with Gasteiger partial charge in [0.05, 0.1) is 24.8 Å². The number of nitrogens with zero attached hydrogens (tertiary/aromatic N) is 6. The normalized spacial score (nSPS) is 16.0. The van der Waals surface area contributed by atoms with Crippen molar-refractivity contribution >= 4 is 28.7 Å². The highest BCUT2D eigenvalue weighted by Gasteiger charge is 2.34. The molecule has 226 valence electrons. The van der Waals surface area contributed by atoms with Gasteiger partial charge in [-0.15, -0.1) is 0 Å². The Bertz CT molecular complexity index is 1600. The van der Waals surface area contributed by atoms with Crippen molar-refractivity contribution in [2.24, 2.45) is 5.92 Å². The van der Waals surface area contributed by atoms with Gasteiger partial charge < -0.3 is 24.7 Å². The smallest absolute Gasteiger partial charge is 0.397 e. The van der Waals surface area contributed by atoms with Crippen molar-refractivity contribution in [1.29, 1.82) is 0 Å². The van der Waals surface area contributed by atoms with Crippen LogP contribution in [0.2, 0.25) is 0 Å². The van der Waals surface area contributed by atoms with Crippen LogP contribution in [0.4, 0.5) is 24.9 Å². The predicted octanol–water partition coefficient (Wildman–Crippen LogP) is 4.55. The van der Waals surface area contributed by atoms with Crippen molar-refractivity contribution < 1.29 is 27.4 Å². The van der Waals surface area contributed by atoms with Crippen LogP contribution in [0.3, 0.4) is 0 Å². The number of rotatable bonds is 10. The number of methoxy groups -OCH3 is 1. The first-order chi connectivity index (χ1) is 20.7. The molecule has 14 heteroatoms. The lowest BCUT2D eigenvalue weighted by molar-refractivity contribution is -0.162. The maximum atomic E-state index is 12.6. The van der Waals surface area contributed by atoms with Crippen molar-refractivity contribution in [2.45, 2.75) is 32.0 Å². The molecule has 0 atom stereocenters. The Morgan fingerprint density at radius 2 is 1.91 bits per heavy atom. The average Bonchev–Trinajstić information content (AvgIpc) is 3.73. The number of hydrogen-bond donors (Lipinski definition) is 2. The fraction of sp³-hybridized carbons (Fsp3) is 0.414. The molecule has 43 heavy (non-hydrogen) atoms. The van der Waals surface area contributed by atoms with Crippen molar-refractivity contribution in [1.82, 2.24) is 34.7 Å². The number of piperazine rings is 1. The Balaban J connectivity index is 1.10. The number of anilines is 2. The Morgan fingerprint density at radius 3 is 2.65 bits per heavy atom. The van der Waals surface area contributed by atoms with Gasteiger partial charge in [0, 0.05) is 44.5 Å². The first kappa shape index (κ1) is 28.6. The third-order valence-corrected chi connectivity index (χ3v) is 7.44. The molecule has 4 aromatic rings. The third-order valence-electron chi connectivity index (χ3n) is 7.44. The molecule has 0 bridgehead atoms. The van der Waals surface area contributed by atoms with E-state index in [9.17, 15) is 18.0 Å². The number of pyridine rings is 1. The lowest BCUT2D eigenvalue weighted by Crippen LogP contribution is -2.49. The molecule has 1 saturated heterocycles.